The van der Waals surface area contributed by atoms with E-state index in [1.165, 1.54) is 12.2 Å². The van der Waals surface area contributed by atoms with Crippen molar-refractivity contribution in [1.29, 1.82) is 0 Å². The molecule has 1 aromatic heterocycles. The number of pyridine rings is 1. The van der Waals surface area contributed by atoms with Crippen LogP contribution in [0, 0.1) is 12.8 Å². The third kappa shape index (κ3) is 2.86. The van der Waals surface area contributed by atoms with Gasteiger partial charge in [-0.2, -0.15) is 11.8 Å². The van der Waals surface area contributed by atoms with E-state index in [9.17, 15) is 0 Å². The number of ether oxygens (including phenoxy) is 1. The lowest BCUT2D eigenvalue weighted by molar-refractivity contribution is -0.0856. The highest BCUT2D eigenvalue weighted by atomic mass is 32.2. The first-order chi connectivity index (χ1) is 9.72. The molecular formula is C15H23N3OS. The van der Waals surface area contributed by atoms with Crippen molar-refractivity contribution in [3.63, 3.8) is 0 Å². The zero-order chi connectivity index (χ0) is 14.0. The molecule has 2 fully saturated rings. The average Bonchev–Trinajstić information content (AvgIpc) is 2.88. The summed E-state index contributed by atoms with van der Waals surface area (Å²) in [4.78, 5) is 4.65. The predicted molar refractivity (Wildman–Crippen MR) is 82.4 cm³/mol. The zero-order valence-corrected chi connectivity index (χ0v) is 12.8. The van der Waals surface area contributed by atoms with Crippen molar-refractivity contribution in [2.24, 2.45) is 11.8 Å². The van der Waals surface area contributed by atoms with Crippen LogP contribution in [0.1, 0.15) is 36.7 Å². The Morgan fingerprint density at radius 3 is 3.15 bits per heavy atom. The summed E-state index contributed by atoms with van der Waals surface area (Å²) in [6, 6.07) is 6.28. The van der Waals surface area contributed by atoms with Crippen LogP contribution in [0.2, 0.25) is 0 Å². The average molecular weight is 293 g/mol. The fourth-order valence-electron chi connectivity index (χ4n) is 3.41. The van der Waals surface area contributed by atoms with Crippen molar-refractivity contribution in [3.8, 4) is 0 Å². The Labute approximate surface area is 124 Å². The molecule has 110 valence electrons. The molecule has 3 atom stereocenters. The monoisotopic (exact) mass is 293 g/mol. The first-order valence-electron chi connectivity index (χ1n) is 7.34. The summed E-state index contributed by atoms with van der Waals surface area (Å²) in [5.41, 5.74) is 5.18. The number of rotatable bonds is 3. The molecule has 0 aliphatic carbocycles. The maximum Gasteiger partial charge on any atom is 0.0783 e. The van der Waals surface area contributed by atoms with Gasteiger partial charge in [0, 0.05) is 18.1 Å². The summed E-state index contributed by atoms with van der Waals surface area (Å²) in [7, 11) is 0. The van der Waals surface area contributed by atoms with Crippen molar-refractivity contribution in [2.45, 2.75) is 37.8 Å². The van der Waals surface area contributed by atoms with Crippen LogP contribution >= 0.6 is 11.8 Å². The van der Waals surface area contributed by atoms with E-state index in [2.05, 4.69) is 22.5 Å². The number of hydrogen-bond donors (Lipinski definition) is 2. The fourth-order valence-corrected chi connectivity index (χ4v) is 4.79. The Morgan fingerprint density at radius 2 is 2.45 bits per heavy atom. The highest BCUT2D eigenvalue weighted by Crippen LogP contribution is 2.43. The SMILES string of the molecule is Cc1cccc(C(NN)C2CCOC3(CCSC3)C2)n1. The topological polar surface area (TPSA) is 60.2 Å². The second kappa shape index (κ2) is 6.02. The lowest BCUT2D eigenvalue weighted by Crippen LogP contribution is -2.45. The molecule has 0 bridgehead atoms. The first kappa shape index (κ1) is 14.3. The highest BCUT2D eigenvalue weighted by molar-refractivity contribution is 7.99. The van der Waals surface area contributed by atoms with Gasteiger partial charge in [-0.25, -0.2) is 0 Å². The Morgan fingerprint density at radius 1 is 1.55 bits per heavy atom. The van der Waals surface area contributed by atoms with Crippen molar-refractivity contribution in [1.82, 2.24) is 10.4 Å². The molecular weight excluding hydrogens is 270 g/mol. The second-order valence-corrected chi connectivity index (χ2v) is 7.04. The Balaban J connectivity index is 1.78. The zero-order valence-electron chi connectivity index (χ0n) is 12.0. The van der Waals surface area contributed by atoms with Gasteiger partial charge in [0.1, 0.15) is 0 Å². The van der Waals surface area contributed by atoms with Gasteiger partial charge < -0.3 is 4.74 Å². The summed E-state index contributed by atoms with van der Waals surface area (Å²) < 4.78 is 6.10. The van der Waals surface area contributed by atoms with Crippen molar-refractivity contribution in [3.05, 3.63) is 29.6 Å². The number of hydrogen-bond acceptors (Lipinski definition) is 5. The summed E-state index contributed by atoms with van der Waals surface area (Å²) in [6.07, 6.45) is 3.31. The molecule has 0 amide bonds. The van der Waals surface area contributed by atoms with Gasteiger partial charge in [-0.1, -0.05) is 6.07 Å². The smallest absolute Gasteiger partial charge is 0.0783 e. The summed E-state index contributed by atoms with van der Waals surface area (Å²) >= 11 is 2.01. The highest BCUT2D eigenvalue weighted by Gasteiger charge is 2.42. The molecule has 2 aliphatic heterocycles. The molecule has 1 spiro atoms. The van der Waals surface area contributed by atoms with Crippen LogP contribution in [0.15, 0.2) is 18.2 Å². The van der Waals surface area contributed by atoms with Crippen molar-refractivity contribution in [2.75, 3.05) is 18.1 Å². The van der Waals surface area contributed by atoms with Gasteiger partial charge in [-0.3, -0.25) is 16.3 Å². The van der Waals surface area contributed by atoms with Crippen LogP contribution in [0.3, 0.4) is 0 Å². The molecule has 2 aliphatic rings. The number of nitrogens with one attached hydrogen (secondary N) is 1. The fraction of sp³-hybridized carbons (Fsp3) is 0.667. The molecule has 3 heterocycles. The summed E-state index contributed by atoms with van der Waals surface area (Å²) in [6.45, 7) is 2.87. The maximum absolute atomic E-state index is 6.10. The van der Waals surface area contributed by atoms with Gasteiger partial charge >= 0.3 is 0 Å². The Bertz CT molecular complexity index is 462. The minimum absolute atomic E-state index is 0.0898. The molecule has 0 aromatic carbocycles. The van der Waals surface area contributed by atoms with Crippen LogP contribution in [0.4, 0.5) is 0 Å². The summed E-state index contributed by atoms with van der Waals surface area (Å²) in [5, 5.41) is 0. The number of thioether (sulfide) groups is 1. The number of aromatic nitrogens is 1. The number of hydrazine groups is 1. The lowest BCUT2D eigenvalue weighted by Gasteiger charge is -2.40. The van der Waals surface area contributed by atoms with Crippen molar-refractivity contribution < 1.29 is 4.74 Å². The van der Waals surface area contributed by atoms with Gasteiger partial charge in [-0.05, 0) is 50.0 Å². The third-order valence-corrected chi connectivity index (χ3v) is 5.70. The normalized spacial score (nSPS) is 31.6. The van der Waals surface area contributed by atoms with E-state index >= 15 is 0 Å². The first-order valence-corrected chi connectivity index (χ1v) is 8.49. The molecule has 3 N–H and O–H groups in total. The van der Waals surface area contributed by atoms with Crippen molar-refractivity contribution >= 4 is 11.8 Å². The minimum Gasteiger partial charge on any atom is -0.374 e. The van der Waals surface area contributed by atoms with E-state index in [1.54, 1.807) is 0 Å². The largest absolute Gasteiger partial charge is 0.374 e. The van der Waals surface area contributed by atoms with Gasteiger partial charge in [0.25, 0.3) is 0 Å². The molecule has 4 nitrogen and oxygen atoms in total. The van der Waals surface area contributed by atoms with Gasteiger partial charge in [0.15, 0.2) is 0 Å². The molecule has 20 heavy (non-hydrogen) atoms. The minimum atomic E-state index is 0.0898. The van der Waals surface area contributed by atoms with E-state index in [0.717, 1.165) is 36.6 Å². The van der Waals surface area contributed by atoms with Crippen LogP contribution in [0.25, 0.3) is 0 Å². The second-order valence-electron chi connectivity index (χ2n) is 5.94. The van der Waals surface area contributed by atoms with E-state index in [1.807, 2.05) is 24.8 Å². The number of nitrogens with zero attached hydrogens (tertiary/aromatic N) is 1. The molecule has 0 radical (unpaired) electrons. The van der Waals surface area contributed by atoms with E-state index in [0.29, 0.717) is 5.92 Å². The van der Waals surface area contributed by atoms with E-state index in [-0.39, 0.29) is 11.6 Å². The molecule has 2 saturated heterocycles. The Kier molecular flexibility index (Phi) is 4.31. The molecule has 0 saturated carbocycles. The molecule has 3 rings (SSSR count). The van der Waals surface area contributed by atoms with Crippen LogP contribution < -0.4 is 11.3 Å². The number of nitrogens with two attached hydrogens (primary N) is 1. The quantitative estimate of drug-likeness (QED) is 0.661. The maximum atomic E-state index is 6.10. The third-order valence-electron chi connectivity index (χ3n) is 4.48. The molecule has 5 heteroatoms. The van der Waals surface area contributed by atoms with E-state index in [4.69, 9.17) is 10.6 Å². The van der Waals surface area contributed by atoms with Crippen LogP contribution in [-0.2, 0) is 4.74 Å². The lowest BCUT2D eigenvalue weighted by atomic mass is 9.80. The molecule has 1 aromatic rings. The van der Waals surface area contributed by atoms with Gasteiger partial charge in [0.05, 0.1) is 17.3 Å². The number of aryl methyl sites for hydroxylation is 1. The predicted octanol–water partition coefficient (Wildman–Crippen LogP) is 2.20. The van der Waals surface area contributed by atoms with E-state index < -0.39 is 0 Å². The summed E-state index contributed by atoms with van der Waals surface area (Å²) in [5.74, 6) is 8.68. The van der Waals surface area contributed by atoms with Gasteiger partial charge in [0.2, 0.25) is 0 Å². The van der Waals surface area contributed by atoms with Gasteiger partial charge in [-0.15, -0.1) is 0 Å². The van der Waals surface area contributed by atoms with Crippen LogP contribution in [-0.4, -0.2) is 28.7 Å². The standard InChI is InChI=1S/C15H23N3OS/c1-11-3-2-4-13(17-11)14(18-16)12-5-7-19-15(9-12)6-8-20-10-15/h2-4,12,14,18H,5-10,16H2,1H3. The Hall–Kier alpha value is -0.620. The van der Waals surface area contributed by atoms with Crippen LogP contribution in [0.5, 0.6) is 0 Å². The molecule has 3 unspecified atom stereocenters.